The molecule has 9 heteroatoms. The fraction of sp³-hybridized carbons (Fsp3) is 0. The van der Waals surface area contributed by atoms with Gasteiger partial charge in [0.1, 0.15) is 0 Å². The van der Waals surface area contributed by atoms with Crippen molar-refractivity contribution in [2.24, 2.45) is 0 Å². The second kappa shape index (κ2) is 18.4. The minimum absolute atomic E-state index is 0.371. The van der Waals surface area contributed by atoms with Crippen LogP contribution in [0.1, 0.15) is 11.1 Å². The van der Waals surface area contributed by atoms with E-state index in [1.807, 2.05) is 91.0 Å². The molecule has 3 aromatic heterocycles. The van der Waals surface area contributed by atoms with Crippen LogP contribution in [0.2, 0.25) is 0 Å². The number of aromatic nitrogens is 5. The van der Waals surface area contributed by atoms with Crippen LogP contribution in [0, 0.1) is 35.8 Å². The van der Waals surface area contributed by atoms with Gasteiger partial charge in [0, 0.05) is 55.0 Å². The van der Waals surface area contributed by atoms with Gasteiger partial charge in [-0.2, -0.15) is 10.5 Å². The molecule has 0 aliphatic heterocycles. The van der Waals surface area contributed by atoms with E-state index >= 15 is 0 Å². The van der Waals surface area contributed by atoms with E-state index in [4.69, 9.17) is 28.1 Å². The molecule has 350 valence electrons. The summed E-state index contributed by atoms with van der Waals surface area (Å²) in [4.78, 5) is 23.2. The molecule has 0 N–H and O–H groups in total. The molecule has 0 saturated heterocycles. The lowest BCUT2D eigenvalue weighted by Crippen LogP contribution is -2.04. The minimum Gasteiger partial charge on any atom is -0.309 e. The molecule has 13 rings (SSSR count). The molecule has 13 aromatic rings. The van der Waals surface area contributed by atoms with Crippen LogP contribution in [-0.4, -0.2) is 24.1 Å². The Labute approximate surface area is 437 Å². The van der Waals surface area contributed by atoms with E-state index in [9.17, 15) is 10.5 Å². The van der Waals surface area contributed by atoms with Gasteiger partial charge in [-0.05, 0) is 106 Å². The third-order valence-corrected chi connectivity index (χ3v) is 14.1. The molecule has 76 heavy (non-hydrogen) atoms. The molecule has 0 spiro atoms. The fourth-order valence-electron chi connectivity index (χ4n) is 10.5. The summed E-state index contributed by atoms with van der Waals surface area (Å²) in [6, 6.07) is 79.2. The van der Waals surface area contributed by atoms with Gasteiger partial charge in [0.15, 0.2) is 28.8 Å². The molecule has 0 amide bonds. The summed E-state index contributed by atoms with van der Waals surface area (Å²) < 4.78 is 4.54. The van der Waals surface area contributed by atoms with Crippen LogP contribution in [0.3, 0.4) is 0 Å². The van der Waals surface area contributed by atoms with Crippen LogP contribution < -0.4 is 0 Å². The quantitative estimate of drug-likeness (QED) is 0.141. The number of hydrogen-bond donors (Lipinski definition) is 0. The lowest BCUT2D eigenvalue weighted by Gasteiger charge is -2.17. The third kappa shape index (κ3) is 7.58. The number of nitriles is 2. The normalized spacial score (nSPS) is 11.1. The lowest BCUT2D eigenvalue weighted by molar-refractivity contribution is 1.06. The van der Waals surface area contributed by atoms with Crippen molar-refractivity contribution in [2.45, 2.75) is 0 Å². The SMILES string of the molecule is [C-]#[N+]c1ccc(-c2ccc3c4ccc(-c5ccc(C#N)cc5[N+]#[C-])cc4n(-c4ccc(-c5ccc6c(c5)c5ccccc5n6-c5ccccc5)cc4-c4nc(-c5ccccc5)nc(-c5ccccc5)n4)c3c2)c(C#N)c1. The standard InChI is InChI=1S/C67H37N9/c1-70-50-27-31-52(49(35-50)41-69)47-23-29-55-56-30-24-48(53-28-22-42(40-68)34-59(53)71-2)39-64(56)76(63(55)38-47)62-33-26-46(45-25-32-61-57(36-45)54-20-12-13-21-60(54)75(61)51-18-10-5-11-19-51)37-58(62)67-73-65(43-14-6-3-7-15-43)72-66(74-67)44-16-8-4-9-17-44/h3-39H. The van der Waals surface area contributed by atoms with E-state index in [2.05, 4.69) is 140 Å². The zero-order valence-corrected chi connectivity index (χ0v) is 40.4. The molecule has 0 aliphatic rings. The highest BCUT2D eigenvalue weighted by atomic mass is 15.1. The first-order valence-electron chi connectivity index (χ1n) is 24.5. The molecule has 0 bridgehead atoms. The van der Waals surface area contributed by atoms with Crippen molar-refractivity contribution < 1.29 is 0 Å². The molecule has 3 heterocycles. The number of benzene rings is 10. The Morgan fingerprint density at radius 3 is 1.59 bits per heavy atom. The molecule has 0 saturated carbocycles. The maximum absolute atomic E-state index is 10.4. The van der Waals surface area contributed by atoms with Gasteiger partial charge in [-0.15, -0.1) is 0 Å². The second-order valence-corrected chi connectivity index (χ2v) is 18.4. The highest BCUT2D eigenvalue weighted by Gasteiger charge is 2.23. The zero-order valence-electron chi connectivity index (χ0n) is 40.4. The zero-order chi connectivity index (χ0) is 51.3. The largest absolute Gasteiger partial charge is 0.309 e. The van der Waals surface area contributed by atoms with Gasteiger partial charge >= 0.3 is 0 Å². The molecule has 9 nitrogen and oxygen atoms in total. The molecular formula is C67H37N9. The van der Waals surface area contributed by atoms with Gasteiger partial charge in [-0.1, -0.05) is 152 Å². The van der Waals surface area contributed by atoms with E-state index in [-0.39, 0.29) is 0 Å². The lowest BCUT2D eigenvalue weighted by atomic mass is 9.98. The summed E-state index contributed by atoms with van der Waals surface area (Å²) >= 11 is 0. The van der Waals surface area contributed by atoms with E-state index in [1.165, 1.54) is 0 Å². The number of hydrogen-bond acceptors (Lipinski definition) is 5. The molecule has 10 aromatic carbocycles. The predicted molar refractivity (Wildman–Crippen MR) is 303 cm³/mol. The summed E-state index contributed by atoms with van der Waals surface area (Å²) in [7, 11) is 0. The molecular weight excluding hydrogens is 931 g/mol. The fourth-order valence-corrected chi connectivity index (χ4v) is 10.5. The highest BCUT2D eigenvalue weighted by Crippen LogP contribution is 2.43. The van der Waals surface area contributed by atoms with Crippen LogP contribution in [0.25, 0.3) is 132 Å². The Morgan fingerprint density at radius 2 is 0.934 bits per heavy atom. The van der Waals surface area contributed by atoms with Crippen molar-refractivity contribution in [2.75, 3.05) is 0 Å². The van der Waals surface area contributed by atoms with E-state index in [1.54, 1.807) is 24.3 Å². The Hall–Kier alpha value is -11.2. The summed E-state index contributed by atoms with van der Waals surface area (Å²) in [5, 5.41) is 24.3. The predicted octanol–water partition coefficient (Wildman–Crippen LogP) is 16.9. The monoisotopic (exact) mass is 967 g/mol. The van der Waals surface area contributed by atoms with Crippen LogP contribution >= 0.6 is 0 Å². The third-order valence-electron chi connectivity index (χ3n) is 14.1. The van der Waals surface area contributed by atoms with Crippen LogP contribution in [0.15, 0.2) is 224 Å². The van der Waals surface area contributed by atoms with Crippen LogP contribution in [0.4, 0.5) is 11.4 Å². The maximum atomic E-state index is 10.4. The summed E-state index contributed by atoms with van der Waals surface area (Å²) in [6.07, 6.45) is 0. The van der Waals surface area contributed by atoms with Gasteiger partial charge in [0.2, 0.25) is 0 Å². The smallest absolute Gasteiger partial charge is 0.196 e. The Kier molecular flexibility index (Phi) is 10.8. The molecule has 0 fully saturated rings. The first kappa shape index (κ1) is 44.7. The highest BCUT2D eigenvalue weighted by molar-refractivity contribution is 6.13. The van der Waals surface area contributed by atoms with Gasteiger partial charge in [-0.25, -0.2) is 24.6 Å². The molecule has 0 atom stereocenters. The average molecular weight is 968 g/mol. The summed E-state index contributed by atoms with van der Waals surface area (Å²) in [6.45, 7) is 15.8. The second-order valence-electron chi connectivity index (χ2n) is 18.4. The number of fused-ring (bicyclic) bond motifs is 6. The van der Waals surface area contributed by atoms with Crippen LogP contribution in [-0.2, 0) is 0 Å². The van der Waals surface area contributed by atoms with Crippen molar-refractivity contribution in [3.8, 4) is 91.1 Å². The molecule has 0 aliphatic carbocycles. The van der Waals surface area contributed by atoms with Gasteiger partial charge in [0.25, 0.3) is 0 Å². The van der Waals surface area contributed by atoms with Crippen molar-refractivity contribution in [3.63, 3.8) is 0 Å². The van der Waals surface area contributed by atoms with Crippen molar-refractivity contribution in [1.29, 1.82) is 10.5 Å². The first-order chi connectivity index (χ1) is 37.5. The van der Waals surface area contributed by atoms with Gasteiger partial charge in [0.05, 0.1) is 53.0 Å². The Balaban J connectivity index is 1.12. The van der Waals surface area contributed by atoms with Crippen molar-refractivity contribution in [3.05, 3.63) is 258 Å². The minimum atomic E-state index is 0.371. The molecule has 0 radical (unpaired) electrons. The van der Waals surface area contributed by atoms with E-state index in [0.29, 0.717) is 51.1 Å². The van der Waals surface area contributed by atoms with E-state index in [0.717, 1.165) is 93.9 Å². The van der Waals surface area contributed by atoms with E-state index < -0.39 is 0 Å². The number of nitrogens with zero attached hydrogens (tertiary/aromatic N) is 9. The van der Waals surface area contributed by atoms with Crippen LogP contribution in [0.5, 0.6) is 0 Å². The average Bonchev–Trinajstić information content (AvgIpc) is 4.00. The molecule has 0 unspecified atom stereocenters. The maximum Gasteiger partial charge on any atom is 0.196 e. The topological polar surface area (TPSA) is 105 Å². The Morgan fingerprint density at radius 1 is 0.368 bits per heavy atom. The van der Waals surface area contributed by atoms with Crippen molar-refractivity contribution in [1.82, 2.24) is 24.1 Å². The number of para-hydroxylation sites is 2. The van der Waals surface area contributed by atoms with Gasteiger partial charge in [-0.3, -0.25) is 0 Å². The number of rotatable bonds is 8. The summed E-state index contributed by atoms with van der Waals surface area (Å²) in [5.41, 5.74) is 14.7. The van der Waals surface area contributed by atoms with Crippen molar-refractivity contribution >= 4 is 55.0 Å². The van der Waals surface area contributed by atoms with Gasteiger partial charge < -0.3 is 9.13 Å². The Bertz CT molecular complexity index is 4490. The summed E-state index contributed by atoms with van der Waals surface area (Å²) in [5.74, 6) is 1.49. The first-order valence-corrected chi connectivity index (χ1v) is 24.5.